The molecule has 2 aliphatic rings. The van der Waals surface area contributed by atoms with Gasteiger partial charge in [0.15, 0.2) is 17.5 Å². The van der Waals surface area contributed by atoms with Crippen LogP contribution in [0.25, 0.3) is 0 Å². The van der Waals surface area contributed by atoms with E-state index in [1.165, 1.54) is 0 Å². The van der Waals surface area contributed by atoms with E-state index in [2.05, 4.69) is 15.6 Å². The predicted octanol–water partition coefficient (Wildman–Crippen LogP) is 2.06. The average Bonchev–Trinajstić information content (AvgIpc) is 2.92. The SMILES string of the molecule is NC(=NCc1ccc2c(c1)C(=O)NCC2)Nc1ccc2c(c1)OCCCO2. The largest absolute Gasteiger partial charge is 0.490 e. The van der Waals surface area contributed by atoms with Crippen LogP contribution in [0.4, 0.5) is 5.69 Å². The summed E-state index contributed by atoms with van der Waals surface area (Å²) in [5.41, 5.74) is 9.53. The number of aliphatic imine (C=N–C) groups is 1. The monoisotopic (exact) mass is 366 g/mol. The van der Waals surface area contributed by atoms with E-state index in [1.54, 1.807) is 0 Å². The second-order valence-corrected chi connectivity index (χ2v) is 6.54. The van der Waals surface area contributed by atoms with Crippen molar-refractivity contribution >= 4 is 17.6 Å². The Kier molecular flexibility index (Phi) is 4.82. The predicted molar refractivity (Wildman–Crippen MR) is 103 cm³/mol. The number of carbonyl (C=O) groups excluding carboxylic acids is 1. The molecule has 0 aromatic heterocycles. The van der Waals surface area contributed by atoms with Crippen LogP contribution in [-0.2, 0) is 13.0 Å². The Hall–Kier alpha value is -3.22. The summed E-state index contributed by atoms with van der Waals surface area (Å²) in [6.07, 6.45) is 1.72. The van der Waals surface area contributed by atoms with Crippen LogP contribution in [0.15, 0.2) is 41.4 Å². The van der Waals surface area contributed by atoms with Gasteiger partial charge in [-0.3, -0.25) is 4.79 Å². The highest BCUT2D eigenvalue weighted by molar-refractivity contribution is 5.97. The van der Waals surface area contributed by atoms with Gasteiger partial charge < -0.3 is 25.8 Å². The van der Waals surface area contributed by atoms with Crippen molar-refractivity contribution in [2.45, 2.75) is 19.4 Å². The van der Waals surface area contributed by atoms with E-state index >= 15 is 0 Å². The Bertz CT molecular complexity index is 895. The standard InChI is InChI=1S/C20H22N4O3/c21-20(24-15-4-5-17-18(11-15)27-9-1-8-26-17)23-12-13-2-3-14-6-7-22-19(25)16(14)10-13/h2-5,10-11H,1,6-9,12H2,(H,22,25)(H3,21,23,24). The van der Waals surface area contributed by atoms with Crippen molar-refractivity contribution in [2.75, 3.05) is 25.1 Å². The first-order valence-corrected chi connectivity index (χ1v) is 9.05. The first-order valence-electron chi connectivity index (χ1n) is 9.05. The Morgan fingerprint density at radius 3 is 2.89 bits per heavy atom. The molecule has 0 fully saturated rings. The van der Waals surface area contributed by atoms with Gasteiger partial charge in [-0.15, -0.1) is 0 Å². The van der Waals surface area contributed by atoms with Gasteiger partial charge in [0.1, 0.15) is 0 Å². The first-order chi connectivity index (χ1) is 13.2. The summed E-state index contributed by atoms with van der Waals surface area (Å²) in [7, 11) is 0. The molecule has 0 aliphatic carbocycles. The van der Waals surface area contributed by atoms with Gasteiger partial charge in [-0.1, -0.05) is 12.1 Å². The molecule has 0 spiro atoms. The molecule has 0 atom stereocenters. The van der Waals surface area contributed by atoms with Gasteiger partial charge in [0.2, 0.25) is 0 Å². The van der Waals surface area contributed by atoms with Crippen LogP contribution in [-0.4, -0.2) is 31.6 Å². The third-order valence-electron chi connectivity index (χ3n) is 4.55. The van der Waals surface area contributed by atoms with Gasteiger partial charge in [-0.25, -0.2) is 4.99 Å². The van der Waals surface area contributed by atoms with E-state index in [9.17, 15) is 4.79 Å². The highest BCUT2D eigenvalue weighted by atomic mass is 16.5. The van der Waals surface area contributed by atoms with Crippen LogP contribution in [0.1, 0.15) is 27.9 Å². The van der Waals surface area contributed by atoms with Crippen LogP contribution < -0.4 is 25.8 Å². The number of nitrogens with zero attached hydrogens (tertiary/aromatic N) is 1. The zero-order chi connectivity index (χ0) is 18.6. The number of ether oxygens (including phenoxy) is 2. The summed E-state index contributed by atoms with van der Waals surface area (Å²) in [4.78, 5) is 16.3. The fraction of sp³-hybridized carbons (Fsp3) is 0.300. The fourth-order valence-electron chi connectivity index (χ4n) is 3.16. The number of hydrogen-bond donors (Lipinski definition) is 3. The molecule has 0 bridgehead atoms. The second kappa shape index (κ2) is 7.57. The number of hydrogen-bond acceptors (Lipinski definition) is 4. The summed E-state index contributed by atoms with van der Waals surface area (Å²) in [5, 5.41) is 5.93. The Balaban J connectivity index is 1.43. The third-order valence-corrected chi connectivity index (χ3v) is 4.55. The van der Waals surface area contributed by atoms with E-state index in [4.69, 9.17) is 15.2 Å². The zero-order valence-electron chi connectivity index (χ0n) is 15.0. The smallest absolute Gasteiger partial charge is 0.251 e. The topological polar surface area (TPSA) is 98.0 Å². The van der Waals surface area contributed by atoms with Crippen molar-refractivity contribution in [1.29, 1.82) is 0 Å². The van der Waals surface area contributed by atoms with Crippen molar-refractivity contribution in [3.8, 4) is 11.5 Å². The molecule has 27 heavy (non-hydrogen) atoms. The lowest BCUT2D eigenvalue weighted by Gasteiger charge is -2.16. The first kappa shape index (κ1) is 17.2. The van der Waals surface area contributed by atoms with Crippen LogP contribution in [0.5, 0.6) is 11.5 Å². The number of benzene rings is 2. The fourth-order valence-corrected chi connectivity index (χ4v) is 3.16. The molecule has 4 N–H and O–H groups in total. The molecule has 2 aliphatic heterocycles. The number of nitrogens with two attached hydrogens (primary N) is 1. The zero-order valence-corrected chi connectivity index (χ0v) is 15.0. The van der Waals surface area contributed by atoms with Crippen LogP contribution in [0.3, 0.4) is 0 Å². The highest BCUT2D eigenvalue weighted by Gasteiger charge is 2.16. The maximum atomic E-state index is 12.0. The van der Waals surface area contributed by atoms with E-state index in [0.29, 0.717) is 38.0 Å². The Morgan fingerprint density at radius 1 is 1.15 bits per heavy atom. The molecule has 4 rings (SSSR count). The summed E-state index contributed by atoms with van der Waals surface area (Å²) >= 11 is 0. The molecule has 0 saturated carbocycles. The van der Waals surface area contributed by atoms with Gasteiger partial charge in [-0.2, -0.15) is 0 Å². The minimum absolute atomic E-state index is 0.0274. The Morgan fingerprint density at radius 2 is 2.00 bits per heavy atom. The van der Waals surface area contributed by atoms with Gasteiger partial charge >= 0.3 is 0 Å². The maximum absolute atomic E-state index is 12.0. The van der Waals surface area contributed by atoms with Crippen molar-refractivity contribution in [1.82, 2.24) is 5.32 Å². The lowest BCUT2D eigenvalue weighted by molar-refractivity contribution is 0.0946. The Labute approximate surface area is 157 Å². The molecule has 7 nitrogen and oxygen atoms in total. The maximum Gasteiger partial charge on any atom is 0.251 e. The number of amides is 1. The van der Waals surface area contributed by atoms with Crippen molar-refractivity contribution < 1.29 is 14.3 Å². The van der Waals surface area contributed by atoms with E-state index in [0.717, 1.165) is 41.0 Å². The number of nitrogens with one attached hydrogen (secondary N) is 2. The van der Waals surface area contributed by atoms with Gasteiger partial charge in [0.05, 0.1) is 19.8 Å². The molecule has 0 unspecified atom stereocenters. The van der Waals surface area contributed by atoms with Crippen LogP contribution in [0.2, 0.25) is 0 Å². The molecular formula is C20H22N4O3. The van der Waals surface area contributed by atoms with Crippen LogP contribution in [0, 0.1) is 0 Å². The molecular weight excluding hydrogens is 344 g/mol. The number of guanidine groups is 1. The summed E-state index contributed by atoms with van der Waals surface area (Å²) < 4.78 is 11.3. The van der Waals surface area contributed by atoms with Gasteiger partial charge in [0.25, 0.3) is 5.91 Å². The van der Waals surface area contributed by atoms with E-state index < -0.39 is 0 Å². The van der Waals surface area contributed by atoms with Crippen LogP contribution >= 0.6 is 0 Å². The lowest BCUT2D eigenvalue weighted by atomic mass is 9.98. The van der Waals surface area contributed by atoms with Crippen molar-refractivity contribution in [3.63, 3.8) is 0 Å². The van der Waals surface area contributed by atoms with E-state index in [1.807, 2.05) is 36.4 Å². The van der Waals surface area contributed by atoms with E-state index in [-0.39, 0.29) is 5.91 Å². The highest BCUT2D eigenvalue weighted by Crippen LogP contribution is 2.32. The van der Waals surface area contributed by atoms with Gasteiger partial charge in [-0.05, 0) is 35.7 Å². The molecule has 140 valence electrons. The molecule has 7 heteroatoms. The number of carbonyl (C=O) groups is 1. The molecule has 0 saturated heterocycles. The minimum Gasteiger partial charge on any atom is -0.490 e. The summed E-state index contributed by atoms with van der Waals surface area (Å²) in [5.74, 6) is 1.71. The lowest BCUT2D eigenvalue weighted by Crippen LogP contribution is -2.31. The quantitative estimate of drug-likeness (QED) is 0.571. The third kappa shape index (κ3) is 3.97. The molecule has 2 heterocycles. The van der Waals surface area contributed by atoms with Crippen molar-refractivity contribution in [2.24, 2.45) is 10.7 Å². The number of rotatable bonds is 3. The summed E-state index contributed by atoms with van der Waals surface area (Å²) in [6, 6.07) is 11.5. The molecule has 1 amide bonds. The average molecular weight is 366 g/mol. The molecule has 2 aromatic rings. The second-order valence-electron chi connectivity index (χ2n) is 6.54. The molecule has 0 radical (unpaired) electrons. The normalized spacial score (nSPS) is 16.1. The van der Waals surface area contributed by atoms with Gasteiger partial charge in [0, 0.05) is 30.3 Å². The number of fused-ring (bicyclic) bond motifs is 2. The number of anilines is 1. The summed E-state index contributed by atoms with van der Waals surface area (Å²) in [6.45, 7) is 2.37. The van der Waals surface area contributed by atoms with Crippen molar-refractivity contribution in [3.05, 3.63) is 53.1 Å². The molecule has 2 aromatic carbocycles. The minimum atomic E-state index is -0.0274.